The van der Waals surface area contributed by atoms with E-state index in [0.29, 0.717) is 0 Å². The molecule has 7 heteroatoms. The van der Waals surface area contributed by atoms with Gasteiger partial charge in [0.1, 0.15) is 11.5 Å². The lowest BCUT2D eigenvalue weighted by Gasteiger charge is -2.37. The molecule has 1 heterocycles. The van der Waals surface area contributed by atoms with Gasteiger partial charge in [0.2, 0.25) is 0 Å². The van der Waals surface area contributed by atoms with Crippen molar-refractivity contribution in [1.82, 2.24) is 10.7 Å². The molecule has 0 spiro atoms. The van der Waals surface area contributed by atoms with Crippen LogP contribution in [0.4, 0.5) is 0 Å². The van der Waals surface area contributed by atoms with Crippen molar-refractivity contribution >= 4 is 23.0 Å². The highest BCUT2D eigenvalue weighted by Gasteiger charge is 2.33. The van der Waals surface area contributed by atoms with Gasteiger partial charge in [0, 0.05) is 30.1 Å². The van der Waals surface area contributed by atoms with Crippen LogP contribution in [0.3, 0.4) is 0 Å². The van der Waals surface area contributed by atoms with Crippen molar-refractivity contribution in [2.75, 3.05) is 14.2 Å². The van der Waals surface area contributed by atoms with E-state index < -0.39 is 0 Å². The minimum absolute atomic E-state index is 0.0960. The van der Waals surface area contributed by atoms with E-state index in [1.807, 2.05) is 24.3 Å². The first-order valence-electron chi connectivity index (χ1n) is 9.17. The number of hydrogen-bond donors (Lipinski definition) is 3. The lowest BCUT2D eigenvalue weighted by molar-refractivity contribution is 0.362. The predicted octanol–water partition coefficient (Wildman–Crippen LogP) is 3.30. The van der Waals surface area contributed by atoms with E-state index in [0.717, 1.165) is 23.6 Å². The van der Waals surface area contributed by atoms with E-state index >= 15 is 0 Å². The number of nitrogens with two attached hydrogens (primary N) is 1. The molecule has 1 saturated heterocycles. The molecule has 1 aliphatic rings. The number of methoxy groups -OCH3 is 2. The third kappa shape index (κ3) is 4.61. The molecule has 0 aromatic heterocycles. The molecule has 0 saturated carbocycles. The molecule has 1 aliphatic heterocycles. The quantitative estimate of drug-likeness (QED) is 0.530. The van der Waals surface area contributed by atoms with Crippen LogP contribution in [-0.4, -0.2) is 25.0 Å². The van der Waals surface area contributed by atoms with Crippen LogP contribution in [0, 0.1) is 5.92 Å². The van der Waals surface area contributed by atoms with Gasteiger partial charge in [0.05, 0.1) is 14.2 Å². The summed E-state index contributed by atoms with van der Waals surface area (Å²) >= 11 is 4.92. The average Bonchev–Trinajstić information content (AvgIpc) is 2.73. The zero-order valence-corrected chi connectivity index (χ0v) is 17.1. The summed E-state index contributed by atoms with van der Waals surface area (Å²) in [6.07, 6.45) is 0.760. The van der Waals surface area contributed by atoms with Crippen molar-refractivity contribution in [1.29, 1.82) is 0 Å². The normalized spacial score (nSPS) is 23.2. The van der Waals surface area contributed by atoms with Crippen molar-refractivity contribution < 1.29 is 9.47 Å². The molecule has 0 radical (unpaired) electrons. The minimum atomic E-state index is 0.0960. The van der Waals surface area contributed by atoms with E-state index in [1.165, 1.54) is 11.1 Å². The third-order valence-electron chi connectivity index (χ3n) is 5.12. The highest BCUT2D eigenvalue weighted by molar-refractivity contribution is 7.80. The molecular formula is C21H26N4O2S. The Balaban J connectivity index is 1.92. The molecule has 2 aromatic carbocycles. The second-order valence-electron chi connectivity index (χ2n) is 6.82. The van der Waals surface area contributed by atoms with Crippen molar-refractivity contribution in [3.05, 3.63) is 59.7 Å². The highest BCUT2D eigenvalue weighted by Crippen LogP contribution is 2.36. The molecule has 0 aliphatic carbocycles. The molecule has 4 N–H and O–H groups in total. The minimum Gasteiger partial charge on any atom is -0.497 e. The van der Waals surface area contributed by atoms with E-state index in [4.69, 9.17) is 27.4 Å². The maximum Gasteiger partial charge on any atom is 0.184 e. The van der Waals surface area contributed by atoms with E-state index in [9.17, 15) is 0 Å². The summed E-state index contributed by atoms with van der Waals surface area (Å²) in [7, 11) is 3.34. The molecule has 2 aromatic rings. The zero-order valence-electron chi connectivity index (χ0n) is 16.3. The van der Waals surface area contributed by atoms with Gasteiger partial charge in [-0.3, -0.25) is 5.43 Å². The second kappa shape index (κ2) is 9.03. The first kappa shape index (κ1) is 20.1. The number of nitrogens with zero attached hydrogens (tertiary/aromatic N) is 1. The van der Waals surface area contributed by atoms with Crippen LogP contribution >= 0.6 is 12.2 Å². The fraction of sp³-hybridized carbons (Fsp3) is 0.333. The van der Waals surface area contributed by atoms with Crippen LogP contribution in [0.2, 0.25) is 0 Å². The van der Waals surface area contributed by atoms with E-state index in [-0.39, 0.29) is 23.1 Å². The van der Waals surface area contributed by atoms with E-state index in [1.54, 1.807) is 14.2 Å². The van der Waals surface area contributed by atoms with Crippen molar-refractivity contribution in [2.45, 2.75) is 25.4 Å². The number of hydrazone groups is 1. The molecule has 3 atom stereocenters. The molecule has 3 rings (SSSR count). The fourth-order valence-corrected chi connectivity index (χ4v) is 3.57. The molecule has 0 amide bonds. The van der Waals surface area contributed by atoms with Gasteiger partial charge in [0.15, 0.2) is 5.11 Å². The van der Waals surface area contributed by atoms with Crippen molar-refractivity contribution in [2.24, 2.45) is 16.8 Å². The SMILES string of the molecule is COc1ccc(C2C/C(=N\NC(N)=S)C(C)C(c3ccc(OC)cc3)N2)cc1. The van der Waals surface area contributed by atoms with Gasteiger partial charge in [-0.1, -0.05) is 31.2 Å². The smallest absolute Gasteiger partial charge is 0.184 e. The Morgan fingerprint density at radius 1 is 1.04 bits per heavy atom. The van der Waals surface area contributed by atoms with Gasteiger partial charge in [-0.2, -0.15) is 5.10 Å². The number of rotatable bonds is 5. The van der Waals surface area contributed by atoms with Crippen LogP contribution in [-0.2, 0) is 0 Å². The standard InChI is InChI=1S/C21H26N4O2S/c1-13-18(24-25-21(22)28)12-19(14-4-8-16(26-2)9-5-14)23-20(13)15-6-10-17(27-3)11-7-15/h4-11,13,19-20,23H,12H2,1-3H3,(H3,22,25,28)/b24-18+. The molecule has 6 nitrogen and oxygen atoms in total. The van der Waals surface area contributed by atoms with Crippen molar-refractivity contribution in [3.8, 4) is 11.5 Å². The van der Waals surface area contributed by atoms with Gasteiger partial charge in [0.25, 0.3) is 0 Å². The van der Waals surface area contributed by atoms with Gasteiger partial charge in [-0.05, 0) is 47.6 Å². The summed E-state index contributed by atoms with van der Waals surface area (Å²) in [5, 5.41) is 8.43. The lowest BCUT2D eigenvalue weighted by Crippen LogP contribution is -2.42. The Kier molecular flexibility index (Phi) is 6.49. The Bertz CT molecular complexity index is 836. The van der Waals surface area contributed by atoms with Gasteiger partial charge < -0.3 is 20.5 Å². The Morgan fingerprint density at radius 2 is 1.57 bits per heavy atom. The maximum absolute atomic E-state index is 5.58. The molecule has 28 heavy (non-hydrogen) atoms. The highest BCUT2D eigenvalue weighted by atomic mass is 32.1. The van der Waals surface area contributed by atoms with Crippen LogP contribution in [0.25, 0.3) is 0 Å². The molecular weight excluding hydrogens is 372 g/mol. The molecule has 0 bridgehead atoms. The third-order valence-corrected chi connectivity index (χ3v) is 5.21. The molecule has 1 fully saturated rings. The summed E-state index contributed by atoms with van der Waals surface area (Å²) in [6, 6.07) is 16.4. The zero-order chi connectivity index (χ0) is 20.1. The topological polar surface area (TPSA) is 80.9 Å². The first-order chi connectivity index (χ1) is 13.5. The maximum atomic E-state index is 5.58. The lowest BCUT2D eigenvalue weighted by atomic mass is 9.81. The summed E-state index contributed by atoms with van der Waals surface area (Å²) in [6.45, 7) is 2.16. The van der Waals surface area contributed by atoms with Crippen molar-refractivity contribution in [3.63, 3.8) is 0 Å². The van der Waals surface area contributed by atoms with Gasteiger partial charge in [-0.25, -0.2) is 0 Å². The second-order valence-corrected chi connectivity index (χ2v) is 7.26. The van der Waals surface area contributed by atoms with Gasteiger partial charge in [-0.15, -0.1) is 0 Å². The number of thiocarbonyl (C=S) groups is 1. The fourth-order valence-electron chi connectivity index (χ4n) is 3.53. The van der Waals surface area contributed by atoms with Gasteiger partial charge >= 0.3 is 0 Å². The monoisotopic (exact) mass is 398 g/mol. The van der Waals surface area contributed by atoms with Crippen LogP contribution in [0.5, 0.6) is 11.5 Å². The Morgan fingerprint density at radius 3 is 2.07 bits per heavy atom. The molecule has 148 valence electrons. The Labute approximate surface area is 171 Å². The summed E-state index contributed by atoms with van der Waals surface area (Å²) in [5.41, 5.74) is 11.7. The number of hydrogen-bond acceptors (Lipinski definition) is 5. The summed E-state index contributed by atoms with van der Waals surface area (Å²) < 4.78 is 10.6. The summed E-state index contributed by atoms with van der Waals surface area (Å²) in [5.74, 6) is 1.84. The number of benzene rings is 2. The largest absolute Gasteiger partial charge is 0.497 e. The van der Waals surface area contributed by atoms with E-state index in [2.05, 4.69) is 47.0 Å². The Hall–Kier alpha value is -2.64. The molecule has 3 unspecified atom stereocenters. The predicted molar refractivity (Wildman–Crippen MR) is 116 cm³/mol. The average molecular weight is 399 g/mol. The van der Waals surface area contributed by atoms with Crippen LogP contribution in [0.15, 0.2) is 53.6 Å². The van der Waals surface area contributed by atoms with Crippen LogP contribution < -0.4 is 25.9 Å². The number of nitrogens with one attached hydrogen (secondary N) is 2. The first-order valence-corrected chi connectivity index (χ1v) is 9.58. The number of ether oxygens (including phenoxy) is 2. The number of piperidine rings is 1. The van der Waals surface area contributed by atoms with Crippen LogP contribution in [0.1, 0.15) is 36.6 Å². The summed E-state index contributed by atoms with van der Waals surface area (Å²) in [4.78, 5) is 0.